The van der Waals surface area contributed by atoms with Crippen LogP contribution in [-0.4, -0.2) is 68.0 Å². The number of amides is 1. The quantitative estimate of drug-likeness (QED) is 0.0403. The van der Waals surface area contributed by atoms with Gasteiger partial charge in [0.25, 0.3) is 5.91 Å². The van der Waals surface area contributed by atoms with Crippen molar-refractivity contribution in [3.05, 3.63) is 93.9 Å². The average molecular weight is 689 g/mol. The fourth-order valence-corrected chi connectivity index (χ4v) is 5.41. The molecule has 3 aromatic rings. The van der Waals surface area contributed by atoms with Gasteiger partial charge in [0, 0.05) is 47.7 Å². The van der Waals surface area contributed by atoms with Crippen molar-refractivity contribution < 1.29 is 38.4 Å². The number of azide groups is 1. The first-order chi connectivity index (χ1) is 24.0. The maximum Gasteiger partial charge on any atom is 0.306 e. The molecule has 0 radical (unpaired) electrons. The lowest BCUT2D eigenvalue weighted by Crippen LogP contribution is -2.53. The van der Waals surface area contributed by atoms with Crippen LogP contribution in [0.15, 0.2) is 76.8 Å². The van der Waals surface area contributed by atoms with E-state index in [1.165, 1.54) is 0 Å². The van der Waals surface area contributed by atoms with Crippen molar-refractivity contribution in [1.29, 1.82) is 0 Å². The Labute approximate surface area is 291 Å². The van der Waals surface area contributed by atoms with Gasteiger partial charge >= 0.3 is 5.97 Å². The molecule has 0 saturated carbocycles. The van der Waals surface area contributed by atoms with Gasteiger partial charge in [-0.2, -0.15) is 0 Å². The van der Waals surface area contributed by atoms with Crippen LogP contribution in [0.4, 0.5) is 5.69 Å². The number of hydrogen-bond donors (Lipinski definition) is 3. The Hall–Kier alpha value is -5.30. The minimum Gasteiger partial charge on any atom is -0.497 e. The molecule has 1 aliphatic rings. The molecule has 0 aromatic heterocycles. The maximum absolute atomic E-state index is 14.4. The summed E-state index contributed by atoms with van der Waals surface area (Å²) in [6.07, 6.45) is -0.390. The zero-order valence-corrected chi connectivity index (χ0v) is 29.0. The number of esters is 1. The van der Waals surface area contributed by atoms with Crippen molar-refractivity contribution in [2.75, 3.05) is 34.0 Å². The molecule has 1 aliphatic heterocycles. The van der Waals surface area contributed by atoms with Crippen LogP contribution in [-0.2, 0) is 25.5 Å². The Kier molecular flexibility index (Phi) is 13.0. The summed E-state index contributed by atoms with van der Waals surface area (Å²) in [4.78, 5) is 35.3. The van der Waals surface area contributed by atoms with E-state index in [9.17, 15) is 15.1 Å². The topological polar surface area (TPSA) is 186 Å². The number of rotatable bonds is 17. The second-order valence-electron chi connectivity index (χ2n) is 12.4. The number of aliphatic hydroxyl groups is 1. The molecule has 50 heavy (non-hydrogen) atoms. The van der Waals surface area contributed by atoms with E-state index >= 15 is 0 Å². The summed E-state index contributed by atoms with van der Waals surface area (Å²) in [6, 6.07) is 19.2. The van der Waals surface area contributed by atoms with Crippen LogP contribution in [0.5, 0.6) is 17.2 Å². The van der Waals surface area contributed by atoms with E-state index in [4.69, 9.17) is 33.8 Å². The highest BCUT2D eigenvalue weighted by Crippen LogP contribution is 2.46. The number of benzene rings is 3. The molecule has 1 amide bonds. The third-order valence-electron chi connectivity index (χ3n) is 7.74. The number of carbonyl (C=O) groups excluding carboxylic acids is 2. The minimum atomic E-state index is -1.70. The van der Waals surface area contributed by atoms with Crippen LogP contribution in [0.1, 0.15) is 62.8 Å². The van der Waals surface area contributed by atoms with E-state index in [0.717, 1.165) is 5.56 Å². The second kappa shape index (κ2) is 17.4. The predicted octanol–water partition coefficient (Wildman–Crippen LogP) is 5.65. The summed E-state index contributed by atoms with van der Waals surface area (Å²) in [5.74, 6) is 0.981. The van der Waals surface area contributed by atoms with Gasteiger partial charge in [-0.05, 0) is 87.2 Å². The number of nitrogens with zero attached hydrogens (tertiary/aromatic N) is 4. The van der Waals surface area contributed by atoms with Gasteiger partial charge in [-0.25, -0.2) is 10.4 Å². The Bertz CT molecular complexity index is 1700. The molecular weight excluding hydrogens is 644 g/mol. The largest absolute Gasteiger partial charge is 0.497 e. The molecule has 3 aromatic carbocycles. The summed E-state index contributed by atoms with van der Waals surface area (Å²) in [6.45, 7) is 5.96. The fourth-order valence-electron chi connectivity index (χ4n) is 5.41. The van der Waals surface area contributed by atoms with Gasteiger partial charge in [-0.15, -0.1) is 0 Å². The summed E-state index contributed by atoms with van der Waals surface area (Å²) in [5.41, 5.74) is 14.8. The van der Waals surface area contributed by atoms with Crippen LogP contribution in [0.25, 0.3) is 10.4 Å². The van der Waals surface area contributed by atoms with Crippen LogP contribution >= 0.6 is 0 Å². The van der Waals surface area contributed by atoms with Gasteiger partial charge in [-0.3, -0.25) is 15.0 Å². The number of aliphatic imine (C=N–C) groups is 1. The highest BCUT2D eigenvalue weighted by Gasteiger charge is 2.54. The summed E-state index contributed by atoms with van der Waals surface area (Å²) in [7, 11) is 3.16. The van der Waals surface area contributed by atoms with Crippen molar-refractivity contribution in [1.82, 2.24) is 10.9 Å². The van der Waals surface area contributed by atoms with E-state index in [2.05, 4.69) is 20.9 Å². The number of methoxy groups -OCH3 is 2. The van der Waals surface area contributed by atoms with Crippen molar-refractivity contribution >= 4 is 23.5 Å². The molecule has 266 valence electrons. The first-order valence-electron chi connectivity index (χ1n) is 16.2. The van der Waals surface area contributed by atoms with Crippen molar-refractivity contribution in [3.8, 4) is 17.2 Å². The van der Waals surface area contributed by atoms with Crippen molar-refractivity contribution in [2.45, 2.75) is 63.7 Å². The summed E-state index contributed by atoms with van der Waals surface area (Å²) < 4.78 is 28.6. The highest BCUT2D eigenvalue weighted by molar-refractivity contribution is 6.01. The molecule has 0 fully saturated rings. The van der Waals surface area contributed by atoms with Crippen molar-refractivity contribution in [2.24, 2.45) is 10.1 Å². The number of hydrazine groups is 1. The van der Waals surface area contributed by atoms with Crippen molar-refractivity contribution in [3.63, 3.8) is 0 Å². The third-order valence-corrected chi connectivity index (χ3v) is 7.74. The lowest BCUT2D eigenvalue weighted by Gasteiger charge is -2.31. The van der Waals surface area contributed by atoms with Gasteiger partial charge in [0.2, 0.25) is 5.90 Å². The first-order valence-corrected chi connectivity index (χ1v) is 16.2. The highest BCUT2D eigenvalue weighted by atomic mass is 16.6. The summed E-state index contributed by atoms with van der Waals surface area (Å²) >= 11 is 0. The van der Waals surface area contributed by atoms with Crippen LogP contribution in [0.2, 0.25) is 0 Å². The first kappa shape index (κ1) is 37.5. The Morgan fingerprint density at radius 2 is 1.80 bits per heavy atom. The predicted molar refractivity (Wildman–Crippen MR) is 186 cm³/mol. The standard InChI is InChI=1S/C36H44N6O8/c1-35(2,3)50-31(44)17-19-36(34(45)41-38-20-18-25-23-27(46-4)15-16-30(25)47-5)32(28-9-6-7-10-29(28)40-42-37)49-33(39-36)24-11-13-26(14-12-24)48-22-8-21-43/h6-7,9-16,23,32,38,43H,8,17-22H2,1-5H3,(H,41,45)/t32-,36-/m0/s1. The Morgan fingerprint density at radius 3 is 2.48 bits per heavy atom. The number of carbonyl (C=O) groups is 2. The molecule has 0 aliphatic carbocycles. The average Bonchev–Trinajstić information content (AvgIpc) is 3.50. The molecule has 0 bridgehead atoms. The minimum absolute atomic E-state index is 0.0128. The monoisotopic (exact) mass is 688 g/mol. The zero-order chi connectivity index (χ0) is 36.1. The second-order valence-corrected chi connectivity index (χ2v) is 12.4. The molecule has 0 saturated heterocycles. The molecule has 2 atom stereocenters. The molecular formula is C36H44N6O8. The van der Waals surface area contributed by atoms with Gasteiger partial charge in [0.15, 0.2) is 11.6 Å². The fraction of sp³-hybridized carbons (Fsp3) is 0.417. The van der Waals surface area contributed by atoms with Gasteiger partial charge in [0.05, 0.1) is 20.8 Å². The van der Waals surface area contributed by atoms with Crippen LogP contribution in [0.3, 0.4) is 0 Å². The van der Waals surface area contributed by atoms with Gasteiger partial charge < -0.3 is 28.8 Å². The molecule has 0 spiro atoms. The maximum atomic E-state index is 14.4. The Morgan fingerprint density at radius 1 is 1.06 bits per heavy atom. The number of aliphatic hydroxyl groups excluding tert-OH is 1. The smallest absolute Gasteiger partial charge is 0.306 e. The molecule has 14 heteroatoms. The summed E-state index contributed by atoms with van der Waals surface area (Å²) in [5, 5.41) is 12.9. The molecule has 3 N–H and O–H groups in total. The van der Waals surface area contributed by atoms with E-state index in [0.29, 0.717) is 54.4 Å². The van der Waals surface area contributed by atoms with E-state index in [-0.39, 0.29) is 31.0 Å². The van der Waals surface area contributed by atoms with E-state index in [1.807, 2.05) is 12.1 Å². The van der Waals surface area contributed by atoms with E-state index < -0.39 is 29.1 Å². The number of nitrogens with one attached hydrogen (secondary N) is 2. The number of hydrogen-bond acceptors (Lipinski definition) is 11. The molecule has 14 nitrogen and oxygen atoms in total. The lowest BCUT2D eigenvalue weighted by atomic mass is 9.83. The van der Waals surface area contributed by atoms with E-state index in [1.54, 1.807) is 89.6 Å². The van der Waals surface area contributed by atoms with Gasteiger partial charge in [0.1, 0.15) is 22.8 Å². The normalized spacial score (nSPS) is 16.8. The molecule has 0 unspecified atom stereocenters. The van der Waals surface area contributed by atoms with Crippen LogP contribution in [0, 0.1) is 0 Å². The molecule has 4 rings (SSSR count). The Balaban J connectivity index is 1.70. The lowest BCUT2D eigenvalue weighted by molar-refractivity contribution is -0.155. The van der Waals surface area contributed by atoms with Gasteiger partial charge in [-0.1, -0.05) is 29.4 Å². The SMILES string of the molecule is COc1ccc(OC)c(CCNNC(=O)[C@@]2(CCC(=O)OC(C)(C)C)N=C(c3ccc(OCCCO)cc3)O[C@H]2c2ccccc2N=[N+]=[N-])c1. The third kappa shape index (κ3) is 9.65. The molecule has 1 heterocycles. The van der Waals surface area contributed by atoms with Crippen LogP contribution < -0.4 is 25.1 Å². The zero-order valence-electron chi connectivity index (χ0n) is 29.0. The number of ether oxygens (including phenoxy) is 5.